The highest BCUT2D eigenvalue weighted by atomic mass is 14.9. The number of nitrogens with zero attached hydrogens (tertiary/aromatic N) is 3. The largest absolute Gasteiger partial charge is 0.228 e. The molecule has 5 aromatic carbocycles. The van der Waals surface area contributed by atoms with Gasteiger partial charge in [-0.25, -0.2) is 9.97 Å². The van der Waals surface area contributed by atoms with Crippen molar-refractivity contribution in [2.24, 2.45) is 0 Å². The van der Waals surface area contributed by atoms with Crippen molar-refractivity contribution in [2.45, 2.75) is 37.5 Å². The molecule has 1 fully saturated rings. The number of rotatable bonds is 3. The zero-order valence-corrected chi connectivity index (χ0v) is 23.3. The van der Waals surface area contributed by atoms with Gasteiger partial charge < -0.3 is 0 Å². The maximum absolute atomic E-state index is 9.70. The average molecular weight is 540 g/mol. The van der Waals surface area contributed by atoms with Gasteiger partial charge in [-0.2, -0.15) is 5.26 Å². The normalized spacial score (nSPS) is 14.8. The van der Waals surface area contributed by atoms with Gasteiger partial charge in [-0.15, -0.1) is 0 Å². The summed E-state index contributed by atoms with van der Waals surface area (Å²) in [6, 6.07) is 42.9. The highest BCUT2D eigenvalue weighted by Crippen LogP contribution is 2.56. The Hall–Kier alpha value is -5.07. The minimum Gasteiger partial charge on any atom is -0.228 e. The standard InChI is InChI=1S/C39H29N3/c40-25-26-13-17-32-33-18-16-31(23-35(33)39(34(32)21-26)19-7-2-8-20-39)37-24-36(41-38(42-37)28-10-3-1-4-11-28)30-15-14-27-9-5-6-12-29(27)22-30/h1,3-6,9-18,21-24H,2,7-8,19-20H2. The summed E-state index contributed by atoms with van der Waals surface area (Å²) in [4.78, 5) is 10.2. The van der Waals surface area contributed by atoms with Crippen molar-refractivity contribution in [3.8, 4) is 51.1 Å². The van der Waals surface area contributed by atoms with Crippen LogP contribution in [-0.2, 0) is 5.41 Å². The third-order valence-electron chi connectivity index (χ3n) is 9.30. The van der Waals surface area contributed by atoms with Gasteiger partial charge >= 0.3 is 0 Å². The van der Waals surface area contributed by atoms with Crippen molar-refractivity contribution >= 4 is 10.8 Å². The summed E-state index contributed by atoms with van der Waals surface area (Å²) in [5.41, 5.74) is 11.0. The molecule has 0 bridgehead atoms. The number of aromatic nitrogens is 2. The summed E-state index contributed by atoms with van der Waals surface area (Å²) in [6.07, 6.45) is 5.92. The van der Waals surface area contributed by atoms with Crippen molar-refractivity contribution in [3.05, 3.63) is 132 Å². The third-order valence-corrected chi connectivity index (χ3v) is 9.30. The van der Waals surface area contributed by atoms with Gasteiger partial charge in [0.25, 0.3) is 0 Å². The van der Waals surface area contributed by atoms with E-state index in [0.717, 1.165) is 52.3 Å². The molecule has 1 saturated carbocycles. The van der Waals surface area contributed by atoms with E-state index in [0.29, 0.717) is 0 Å². The second-order valence-electron chi connectivity index (χ2n) is 11.7. The van der Waals surface area contributed by atoms with Gasteiger partial charge in [0.15, 0.2) is 5.82 Å². The van der Waals surface area contributed by atoms with Crippen LogP contribution in [-0.4, -0.2) is 9.97 Å². The first-order chi connectivity index (χ1) is 20.7. The van der Waals surface area contributed by atoms with Gasteiger partial charge in [-0.1, -0.05) is 104 Å². The molecule has 0 unspecified atom stereocenters. The molecule has 0 aliphatic heterocycles. The number of fused-ring (bicyclic) bond motifs is 6. The van der Waals surface area contributed by atoms with E-state index in [2.05, 4.69) is 97.1 Å². The van der Waals surface area contributed by atoms with Gasteiger partial charge in [0, 0.05) is 22.1 Å². The fourth-order valence-corrected chi connectivity index (χ4v) is 7.23. The van der Waals surface area contributed by atoms with Crippen molar-refractivity contribution in [3.63, 3.8) is 0 Å². The van der Waals surface area contributed by atoms with Crippen molar-refractivity contribution in [1.29, 1.82) is 5.26 Å². The predicted octanol–water partition coefficient (Wildman–Crippen LogP) is 9.73. The summed E-state index contributed by atoms with van der Waals surface area (Å²) >= 11 is 0. The van der Waals surface area contributed by atoms with Crippen molar-refractivity contribution in [2.75, 3.05) is 0 Å². The minimum atomic E-state index is -0.0394. The van der Waals surface area contributed by atoms with Crippen molar-refractivity contribution in [1.82, 2.24) is 9.97 Å². The minimum absolute atomic E-state index is 0.0394. The number of benzene rings is 5. The summed E-state index contributed by atoms with van der Waals surface area (Å²) < 4.78 is 0. The van der Waals surface area contributed by atoms with Gasteiger partial charge in [0.05, 0.1) is 23.0 Å². The SMILES string of the molecule is N#Cc1ccc2c(c1)C1(CCCCC1)c1cc(-c3cc(-c4ccc5ccccc5c4)nc(-c4ccccc4)n3)ccc1-2. The maximum atomic E-state index is 9.70. The monoisotopic (exact) mass is 539 g/mol. The smallest absolute Gasteiger partial charge is 0.160 e. The second-order valence-corrected chi connectivity index (χ2v) is 11.7. The highest BCUT2D eigenvalue weighted by Gasteiger charge is 2.44. The van der Waals surface area contributed by atoms with E-state index in [1.54, 1.807) is 0 Å². The fraction of sp³-hybridized carbons (Fsp3) is 0.154. The van der Waals surface area contributed by atoms with Crippen LogP contribution in [0.1, 0.15) is 48.8 Å². The molecule has 0 saturated heterocycles. The van der Waals surface area contributed by atoms with Crippen LogP contribution < -0.4 is 0 Å². The second kappa shape index (κ2) is 9.79. The van der Waals surface area contributed by atoms with E-state index < -0.39 is 0 Å². The quantitative estimate of drug-likeness (QED) is 0.225. The van der Waals surface area contributed by atoms with Crippen LogP contribution >= 0.6 is 0 Å². The van der Waals surface area contributed by atoms with E-state index in [4.69, 9.17) is 9.97 Å². The lowest BCUT2D eigenvalue weighted by Gasteiger charge is -2.36. The van der Waals surface area contributed by atoms with Gasteiger partial charge in [-0.3, -0.25) is 0 Å². The zero-order valence-electron chi connectivity index (χ0n) is 23.3. The number of hydrogen-bond acceptors (Lipinski definition) is 3. The zero-order chi connectivity index (χ0) is 28.1. The first kappa shape index (κ1) is 24.7. The van der Waals surface area contributed by atoms with Crippen LogP contribution in [0.5, 0.6) is 0 Å². The van der Waals surface area contributed by atoms with Crippen LogP contribution in [0, 0.1) is 11.3 Å². The van der Waals surface area contributed by atoms with Crippen LogP contribution in [0.2, 0.25) is 0 Å². The summed E-state index contributed by atoms with van der Waals surface area (Å²) in [6.45, 7) is 0. The van der Waals surface area contributed by atoms with E-state index >= 15 is 0 Å². The molecule has 0 N–H and O–H groups in total. The first-order valence-electron chi connectivity index (χ1n) is 14.9. The molecular weight excluding hydrogens is 510 g/mol. The Bertz CT molecular complexity index is 2030. The predicted molar refractivity (Wildman–Crippen MR) is 170 cm³/mol. The van der Waals surface area contributed by atoms with Crippen LogP contribution in [0.4, 0.5) is 0 Å². The van der Waals surface area contributed by atoms with E-state index in [1.807, 2.05) is 24.3 Å². The first-order valence-corrected chi connectivity index (χ1v) is 14.9. The van der Waals surface area contributed by atoms with Crippen LogP contribution in [0.25, 0.3) is 55.8 Å². The molecule has 0 amide bonds. The molecule has 1 aromatic heterocycles. The Labute approximate surface area is 246 Å². The molecular formula is C39H29N3. The molecule has 0 radical (unpaired) electrons. The molecule has 2 aliphatic rings. The lowest BCUT2D eigenvalue weighted by Crippen LogP contribution is -2.28. The molecule has 3 heteroatoms. The molecule has 6 aromatic rings. The Morgan fingerprint density at radius 3 is 1.95 bits per heavy atom. The van der Waals surface area contributed by atoms with Crippen LogP contribution in [0.3, 0.4) is 0 Å². The van der Waals surface area contributed by atoms with E-state index in [1.165, 1.54) is 52.3 Å². The summed E-state index contributed by atoms with van der Waals surface area (Å²) in [7, 11) is 0. The Morgan fingerprint density at radius 2 is 1.19 bits per heavy atom. The Kier molecular flexibility index (Phi) is 5.76. The fourth-order valence-electron chi connectivity index (χ4n) is 7.23. The molecule has 2 aliphatic carbocycles. The molecule has 1 heterocycles. The topological polar surface area (TPSA) is 49.6 Å². The molecule has 0 atom stereocenters. The molecule has 42 heavy (non-hydrogen) atoms. The molecule has 8 rings (SSSR count). The Morgan fingerprint density at radius 1 is 0.548 bits per heavy atom. The van der Waals surface area contributed by atoms with Gasteiger partial charge in [-0.05, 0) is 76.2 Å². The van der Waals surface area contributed by atoms with Crippen LogP contribution in [0.15, 0.2) is 115 Å². The van der Waals surface area contributed by atoms with E-state index in [9.17, 15) is 5.26 Å². The molecule has 3 nitrogen and oxygen atoms in total. The number of hydrogen-bond donors (Lipinski definition) is 0. The van der Waals surface area contributed by atoms with Gasteiger partial charge in [0.1, 0.15) is 0 Å². The lowest BCUT2D eigenvalue weighted by molar-refractivity contribution is 0.353. The number of nitriles is 1. The van der Waals surface area contributed by atoms with Crippen molar-refractivity contribution < 1.29 is 0 Å². The van der Waals surface area contributed by atoms with E-state index in [-0.39, 0.29) is 5.41 Å². The molecule has 1 spiro atoms. The summed E-state index contributed by atoms with van der Waals surface area (Å²) in [5, 5.41) is 12.1. The Balaban J connectivity index is 1.31. The maximum Gasteiger partial charge on any atom is 0.160 e. The lowest BCUT2D eigenvalue weighted by atomic mass is 9.67. The summed E-state index contributed by atoms with van der Waals surface area (Å²) in [5.74, 6) is 0.728. The van der Waals surface area contributed by atoms with Gasteiger partial charge in [0.2, 0.25) is 0 Å². The highest BCUT2D eigenvalue weighted by molar-refractivity contribution is 5.88. The third kappa shape index (κ3) is 3.95. The molecule has 200 valence electrons. The average Bonchev–Trinajstić information content (AvgIpc) is 3.32.